The monoisotopic (exact) mass is 750 g/mol. The summed E-state index contributed by atoms with van der Waals surface area (Å²) in [6, 6.07) is 12.7. The summed E-state index contributed by atoms with van der Waals surface area (Å²) in [7, 11) is 1.40. The van der Waals surface area contributed by atoms with Gasteiger partial charge in [-0.3, -0.25) is 14.4 Å². The van der Waals surface area contributed by atoms with E-state index in [-0.39, 0.29) is 51.8 Å². The van der Waals surface area contributed by atoms with Crippen LogP contribution < -0.4 is 30.7 Å². The van der Waals surface area contributed by atoms with Gasteiger partial charge < -0.3 is 35.6 Å². The lowest BCUT2D eigenvalue weighted by Crippen LogP contribution is -2.48. The maximum absolute atomic E-state index is 14.2. The highest BCUT2D eigenvalue weighted by molar-refractivity contribution is 6.33. The van der Waals surface area contributed by atoms with Crippen LogP contribution in [0.4, 0.5) is 36.1 Å². The van der Waals surface area contributed by atoms with Gasteiger partial charge in [0, 0.05) is 73.8 Å². The minimum absolute atomic E-state index is 0.0418. The molecule has 3 amide bonds. The van der Waals surface area contributed by atoms with E-state index in [1.165, 1.54) is 62.0 Å². The number of methoxy groups -OCH3 is 1. The first-order chi connectivity index (χ1) is 25.3. The summed E-state index contributed by atoms with van der Waals surface area (Å²) in [4.78, 5) is 53.9. The van der Waals surface area contributed by atoms with Gasteiger partial charge in [-0.25, -0.2) is 15.0 Å². The minimum Gasteiger partial charge on any atom is -0.497 e. The van der Waals surface area contributed by atoms with E-state index in [9.17, 15) is 27.6 Å². The van der Waals surface area contributed by atoms with Gasteiger partial charge in [0.2, 0.25) is 11.8 Å². The molecule has 0 aliphatic carbocycles. The molecule has 5 rings (SSSR count). The fourth-order valence-electron chi connectivity index (χ4n) is 5.34. The number of ether oxygens (including phenoxy) is 2. The van der Waals surface area contributed by atoms with Crippen molar-refractivity contribution in [1.29, 1.82) is 0 Å². The zero-order chi connectivity index (χ0) is 38.3. The van der Waals surface area contributed by atoms with Crippen LogP contribution in [0, 0.1) is 0 Å². The molecule has 4 aromatic rings. The topological polar surface area (TPSA) is 164 Å². The maximum Gasteiger partial charge on any atom is 0.434 e. The number of anilines is 3. The molecule has 0 spiro atoms. The van der Waals surface area contributed by atoms with Gasteiger partial charge in [0.25, 0.3) is 5.91 Å². The Kier molecular flexibility index (Phi) is 11.8. The smallest absolute Gasteiger partial charge is 0.434 e. The molecule has 13 nitrogen and oxygen atoms in total. The number of amides is 3. The Morgan fingerprint density at radius 1 is 1.00 bits per heavy atom. The van der Waals surface area contributed by atoms with Crippen molar-refractivity contribution in [2.45, 2.75) is 19.5 Å². The lowest BCUT2D eigenvalue weighted by atomic mass is 10.1. The third-order valence-electron chi connectivity index (χ3n) is 7.98. The number of alkyl halides is 3. The Bertz CT molecular complexity index is 2100. The zero-order valence-electron chi connectivity index (χ0n) is 28.5. The normalized spacial score (nSPS) is 13.8. The summed E-state index contributed by atoms with van der Waals surface area (Å²) in [6.07, 6.45) is -1.78. The molecule has 2 heterocycles. The third-order valence-corrected chi connectivity index (χ3v) is 8.27. The first-order valence-electron chi connectivity index (χ1n) is 16.1. The van der Waals surface area contributed by atoms with E-state index >= 15 is 0 Å². The van der Waals surface area contributed by atoms with Crippen molar-refractivity contribution in [3.8, 4) is 17.2 Å². The van der Waals surface area contributed by atoms with Crippen molar-refractivity contribution in [3.05, 3.63) is 90.4 Å². The highest BCUT2D eigenvalue weighted by Crippen LogP contribution is 2.38. The number of carbonyl (C=O) groups excluding carboxylic acids is 3. The Morgan fingerprint density at radius 2 is 1.68 bits per heavy atom. The zero-order valence-corrected chi connectivity index (χ0v) is 29.3. The molecule has 4 N–H and O–H groups in total. The molecular weight excluding hydrogens is 717 g/mol. The molecule has 17 heteroatoms. The van der Waals surface area contributed by atoms with Crippen LogP contribution in [0.2, 0.25) is 5.02 Å². The average Bonchev–Trinajstić information content (AvgIpc) is 3.14. The van der Waals surface area contributed by atoms with Gasteiger partial charge in [-0.05, 0) is 42.5 Å². The predicted molar refractivity (Wildman–Crippen MR) is 196 cm³/mol. The van der Waals surface area contributed by atoms with Crippen LogP contribution >= 0.6 is 11.6 Å². The summed E-state index contributed by atoms with van der Waals surface area (Å²) in [6.45, 7) is 7.16. The van der Waals surface area contributed by atoms with Gasteiger partial charge in [0.15, 0.2) is 5.71 Å². The van der Waals surface area contributed by atoms with Gasteiger partial charge in [-0.2, -0.15) is 13.2 Å². The number of carbonyl (C=O) groups is 3. The maximum atomic E-state index is 14.2. The van der Waals surface area contributed by atoms with Crippen LogP contribution in [0.15, 0.2) is 90.3 Å². The molecule has 276 valence electrons. The molecule has 1 aromatic heterocycles. The number of aromatic nitrogens is 2. The molecule has 0 saturated carbocycles. The first-order valence-corrected chi connectivity index (χ1v) is 16.5. The van der Waals surface area contributed by atoms with Gasteiger partial charge in [-0.1, -0.05) is 25.1 Å². The number of piperazine rings is 1. The van der Waals surface area contributed by atoms with Crippen molar-refractivity contribution >= 4 is 68.8 Å². The summed E-state index contributed by atoms with van der Waals surface area (Å²) in [5.41, 5.74) is 3.58. The molecule has 1 aliphatic rings. The largest absolute Gasteiger partial charge is 0.497 e. The first kappa shape index (κ1) is 38.1. The number of benzene rings is 3. The Morgan fingerprint density at radius 3 is 2.28 bits per heavy atom. The van der Waals surface area contributed by atoms with E-state index in [0.717, 1.165) is 0 Å². The number of hydrogen-bond donors (Lipinski definition) is 3. The Hall–Kier alpha value is -6.16. The number of rotatable bonds is 11. The summed E-state index contributed by atoms with van der Waals surface area (Å²) < 4.78 is 53.9. The lowest BCUT2D eigenvalue weighted by Gasteiger charge is -2.35. The van der Waals surface area contributed by atoms with Gasteiger partial charge >= 0.3 is 6.18 Å². The van der Waals surface area contributed by atoms with Crippen molar-refractivity contribution in [3.63, 3.8) is 0 Å². The van der Waals surface area contributed by atoms with Crippen LogP contribution in [-0.4, -0.2) is 77.8 Å². The fourth-order valence-corrected chi connectivity index (χ4v) is 5.55. The van der Waals surface area contributed by atoms with Crippen molar-refractivity contribution < 1.29 is 37.0 Å². The van der Waals surface area contributed by atoms with Gasteiger partial charge in [0.1, 0.15) is 29.4 Å². The minimum atomic E-state index is -5.07. The Labute approximate surface area is 306 Å². The van der Waals surface area contributed by atoms with E-state index in [1.807, 2.05) is 4.90 Å². The second kappa shape index (κ2) is 16.5. The highest BCUT2D eigenvalue weighted by Gasteiger charge is 2.40. The molecule has 0 radical (unpaired) electrons. The van der Waals surface area contributed by atoms with E-state index in [1.54, 1.807) is 24.0 Å². The molecule has 1 saturated heterocycles. The van der Waals surface area contributed by atoms with Crippen LogP contribution in [0.1, 0.15) is 13.3 Å². The number of hydrogen-bond acceptors (Lipinski definition) is 10. The van der Waals surface area contributed by atoms with E-state index in [0.29, 0.717) is 54.8 Å². The molecule has 1 aliphatic heterocycles. The number of nitrogens with two attached hydrogens (primary N) is 1. The van der Waals surface area contributed by atoms with Gasteiger partial charge in [0.05, 0.1) is 28.9 Å². The van der Waals surface area contributed by atoms with Crippen LogP contribution in [0.25, 0.3) is 10.9 Å². The lowest BCUT2D eigenvalue weighted by molar-refractivity contribution is -0.126. The number of halogens is 4. The molecule has 53 heavy (non-hydrogen) atoms. The standard InChI is InChI=1S/C36H34ClF3N8O5/c1-4-31(49)44-22-14-23(46-35(51)27(19-41)33(36(38,39)40)45-21-6-8-24(52-3)9-7-21)16-25(15-22)53-30-18-29-26(17-28(30)37)34(43-20-42-29)48-12-10-47(11-13-48)32(50)5-2/h5-9,14-20H,2,4,10-13,41H2,1,3H3,(H,44,49)(H,46,51). The highest BCUT2D eigenvalue weighted by atomic mass is 35.5. The summed E-state index contributed by atoms with van der Waals surface area (Å²) in [5, 5.41) is 5.85. The Balaban J connectivity index is 1.44. The van der Waals surface area contributed by atoms with Crippen LogP contribution in [0.3, 0.4) is 0 Å². The second-order valence-electron chi connectivity index (χ2n) is 11.5. The second-order valence-corrected chi connectivity index (χ2v) is 11.9. The number of nitrogens with zero attached hydrogens (tertiary/aromatic N) is 5. The van der Waals surface area contributed by atoms with Crippen LogP contribution in [-0.2, 0) is 14.4 Å². The summed E-state index contributed by atoms with van der Waals surface area (Å²) >= 11 is 6.69. The summed E-state index contributed by atoms with van der Waals surface area (Å²) in [5.74, 6) is -0.538. The fraction of sp³-hybridized carbons (Fsp3) is 0.222. The van der Waals surface area contributed by atoms with E-state index < -0.39 is 23.4 Å². The molecule has 0 bridgehead atoms. The van der Waals surface area contributed by atoms with Crippen molar-refractivity contribution in [1.82, 2.24) is 14.9 Å². The molecular formula is C36H34ClF3N8O5. The quantitative estimate of drug-likeness (QED) is 0.117. The van der Waals surface area contributed by atoms with E-state index in [2.05, 4.69) is 32.2 Å². The van der Waals surface area contributed by atoms with Gasteiger partial charge in [-0.15, -0.1) is 0 Å². The molecule has 1 fully saturated rings. The SMILES string of the molecule is C=CC(=O)N1CCN(c2ncnc3cc(Oc4cc(NC(=O)CC)cc(NC(=O)C(=CN)C(=Nc5ccc(OC)cc5)C(F)(F)F)c4)c(Cl)cc23)CC1. The number of nitrogens with one attached hydrogen (secondary N) is 2. The number of aliphatic imine (C=N–C) groups is 1. The number of fused-ring (bicyclic) bond motifs is 1. The van der Waals surface area contributed by atoms with Crippen molar-refractivity contribution in [2.75, 3.05) is 48.8 Å². The van der Waals surface area contributed by atoms with E-state index in [4.69, 9.17) is 26.8 Å². The predicted octanol–water partition coefficient (Wildman–Crippen LogP) is 6.38. The van der Waals surface area contributed by atoms with Crippen LogP contribution in [0.5, 0.6) is 17.2 Å². The average molecular weight is 751 g/mol. The van der Waals surface area contributed by atoms with Crippen molar-refractivity contribution in [2.24, 2.45) is 10.7 Å². The molecule has 0 atom stereocenters. The third kappa shape index (κ3) is 9.20. The molecule has 0 unspecified atom stereocenters. The molecule has 3 aromatic carbocycles.